The number of carbonyl (C=O) groups is 3. The van der Waals surface area contributed by atoms with Crippen LogP contribution in [0.2, 0.25) is 5.02 Å². The molecule has 0 saturated heterocycles. The molecule has 7 heteroatoms. The number of amides is 2. The van der Waals surface area contributed by atoms with Crippen molar-refractivity contribution >= 4 is 29.4 Å². The summed E-state index contributed by atoms with van der Waals surface area (Å²) in [7, 11) is 1.29. The molecule has 0 fully saturated rings. The first kappa shape index (κ1) is 20.0. The van der Waals surface area contributed by atoms with Crippen molar-refractivity contribution in [2.45, 2.75) is 32.7 Å². The maximum absolute atomic E-state index is 11.9. The van der Waals surface area contributed by atoms with Gasteiger partial charge < -0.3 is 15.4 Å². The van der Waals surface area contributed by atoms with E-state index < -0.39 is 12.0 Å². The van der Waals surface area contributed by atoms with Gasteiger partial charge in [-0.2, -0.15) is 0 Å². The Morgan fingerprint density at radius 1 is 1.17 bits per heavy atom. The fourth-order valence-corrected chi connectivity index (χ4v) is 2.21. The molecule has 1 aromatic carbocycles. The molecule has 24 heavy (non-hydrogen) atoms. The lowest BCUT2D eigenvalue weighted by atomic mass is 10.0. The van der Waals surface area contributed by atoms with Gasteiger partial charge in [0.15, 0.2) is 0 Å². The summed E-state index contributed by atoms with van der Waals surface area (Å²) in [6.45, 7) is 4.08. The second-order valence-electron chi connectivity index (χ2n) is 5.79. The monoisotopic (exact) mass is 354 g/mol. The number of rotatable bonds is 8. The van der Waals surface area contributed by atoms with E-state index in [1.807, 2.05) is 13.8 Å². The van der Waals surface area contributed by atoms with Gasteiger partial charge in [-0.1, -0.05) is 25.4 Å². The average Bonchev–Trinajstić information content (AvgIpc) is 2.53. The first-order valence-electron chi connectivity index (χ1n) is 7.74. The van der Waals surface area contributed by atoms with E-state index in [0.29, 0.717) is 17.0 Å². The molecule has 132 valence electrons. The Morgan fingerprint density at radius 3 is 2.33 bits per heavy atom. The summed E-state index contributed by atoms with van der Waals surface area (Å²) < 4.78 is 4.69. The standard InChI is InChI=1S/C17H23ClN2O4/c1-11(2)10-14(17(23)24-3)20-15(21)8-9-19-16(22)12-4-6-13(18)7-5-12/h4-7,11,14H,8-10H2,1-3H3,(H,19,22)(H,20,21)/t14-/m1/s1. The Balaban J connectivity index is 2.42. The zero-order chi connectivity index (χ0) is 18.1. The highest BCUT2D eigenvalue weighted by atomic mass is 35.5. The van der Waals surface area contributed by atoms with Gasteiger partial charge >= 0.3 is 5.97 Å². The van der Waals surface area contributed by atoms with Gasteiger partial charge in [-0.05, 0) is 36.6 Å². The Kier molecular flexibility index (Phi) is 8.26. The Bertz CT molecular complexity index is 572. The van der Waals surface area contributed by atoms with Crippen LogP contribution in [0.15, 0.2) is 24.3 Å². The van der Waals surface area contributed by atoms with Crippen molar-refractivity contribution in [2.75, 3.05) is 13.7 Å². The number of methoxy groups -OCH3 is 1. The lowest BCUT2D eigenvalue weighted by molar-refractivity contribution is -0.145. The van der Waals surface area contributed by atoms with E-state index in [9.17, 15) is 14.4 Å². The molecule has 0 aliphatic rings. The second-order valence-corrected chi connectivity index (χ2v) is 6.22. The molecular weight excluding hydrogens is 332 g/mol. The Labute approximate surface area is 146 Å². The lowest BCUT2D eigenvalue weighted by Crippen LogP contribution is -2.43. The fraction of sp³-hybridized carbons (Fsp3) is 0.471. The Morgan fingerprint density at radius 2 is 1.79 bits per heavy atom. The quantitative estimate of drug-likeness (QED) is 0.701. The lowest BCUT2D eigenvalue weighted by Gasteiger charge is -2.18. The van der Waals surface area contributed by atoms with Crippen LogP contribution in [0.25, 0.3) is 0 Å². The van der Waals surface area contributed by atoms with Crippen molar-refractivity contribution < 1.29 is 19.1 Å². The molecule has 2 N–H and O–H groups in total. The summed E-state index contributed by atoms with van der Waals surface area (Å²) in [6.07, 6.45) is 0.570. The van der Waals surface area contributed by atoms with Crippen LogP contribution >= 0.6 is 11.6 Å². The molecule has 0 aliphatic carbocycles. The van der Waals surface area contributed by atoms with E-state index in [0.717, 1.165) is 0 Å². The molecule has 0 spiro atoms. The van der Waals surface area contributed by atoms with Crippen LogP contribution in [-0.2, 0) is 14.3 Å². The summed E-state index contributed by atoms with van der Waals surface area (Å²) in [6, 6.07) is 5.78. The topological polar surface area (TPSA) is 84.5 Å². The van der Waals surface area contributed by atoms with Gasteiger partial charge in [-0.3, -0.25) is 9.59 Å². The van der Waals surface area contributed by atoms with Gasteiger partial charge in [-0.25, -0.2) is 4.79 Å². The minimum absolute atomic E-state index is 0.0743. The van der Waals surface area contributed by atoms with E-state index in [1.54, 1.807) is 24.3 Å². The van der Waals surface area contributed by atoms with Gasteiger partial charge in [0.1, 0.15) is 6.04 Å². The van der Waals surface area contributed by atoms with Crippen LogP contribution in [0, 0.1) is 5.92 Å². The van der Waals surface area contributed by atoms with Crippen LogP contribution in [0.1, 0.15) is 37.0 Å². The zero-order valence-corrected chi connectivity index (χ0v) is 14.9. The molecule has 0 aromatic heterocycles. The summed E-state index contributed by atoms with van der Waals surface area (Å²) >= 11 is 5.76. The predicted octanol–water partition coefficient (Wildman–Crippen LogP) is 2.16. The normalized spacial score (nSPS) is 11.7. The third-order valence-electron chi connectivity index (χ3n) is 3.27. The number of carbonyl (C=O) groups excluding carboxylic acids is 3. The molecule has 6 nitrogen and oxygen atoms in total. The number of hydrogen-bond acceptors (Lipinski definition) is 4. The third-order valence-corrected chi connectivity index (χ3v) is 3.52. The third kappa shape index (κ3) is 7.00. The number of hydrogen-bond donors (Lipinski definition) is 2. The summed E-state index contributed by atoms with van der Waals surface area (Å²) in [5, 5.41) is 5.83. The second kappa shape index (κ2) is 9.93. The van der Waals surface area contributed by atoms with Gasteiger partial charge in [0.25, 0.3) is 5.91 Å². The summed E-state index contributed by atoms with van der Waals surface area (Å²) in [5.41, 5.74) is 0.465. The predicted molar refractivity (Wildman–Crippen MR) is 91.8 cm³/mol. The molecule has 0 radical (unpaired) electrons. The minimum atomic E-state index is -0.672. The van der Waals surface area contributed by atoms with Crippen molar-refractivity contribution in [3.8, 4) is 0 Å². The van der Waals surface area contributed by atoms with Crippen LogP contribution < -0.4 is 10.6 Å². The zero-order valence-electron chi connectivity index (χ0n) is 14.1. The molecule has 0 heterocycles. The van der Waals surface area contributed by atoms with E-state index in [2.05, 4.69) is 10.6 Å². The maximum atomic E-state index is 11.9. The molecular formula is C17H23ClN2O4. The first-order chi connectivity index (χ1) is 11.3. The van der Waals surface area contributed by atoms with Crippen LogP contribution in [0.3, 0.4) is 0 Å². The van der Waals surface area contributed by atoms with E-state index >= 15 is 0 Å². The highest BCUT2D eigenvalue weighted by molar-refractivity contribution is 6.30. The van der Waals surface area contributed by atoms with Crippen molar-refractivity contribution in [1.29, 1.82) is 0 Å². The average molecular weight is 355 g/mol. The Hall–Kier alpha value is -2.08. The van der Waals surface area contributed by atoms with Crippen LogP contribution in [0.4, 0.5) is 0 Å². The van der Waals surface area contributed by atoms with Gasteiger partial charge in [-0.15, -0.1) is 0 Å². The van der Waals surface area contributed by atoms with E-state index in [-0.39, 0.29) is 30.7 Å². The SMILES string of the molecule is COC(=O)[C@@H](CC(C)C)NC(=O)CCNC(=O)c1ccc(Cl)cc1. The minimum Gasteiger partial charge on any atom is -0.467 e. The van der Waals surface area contributed by atoms with Crippen molar-refractivity contribution in [3.63, 3.8) is 0 Å². The molecule has 0 bridgehead atoms. The molecule has 0 unspecified atom stereocenters. The van der Waals surface area contributed by atoms with Gasteiger partial charge in [0.05, 0.1) is 7.11 Å². The summed E-state index contributed by atoms with van der Waals surface area (Å²) in [4.78, 5) is 35.5. The number of ether oxygens (including phenoxy) is 1. The van der Waals surface area contributed by atoms with Crippen LogP contribution in [-0.4, -0.2) is 37.5 Å². The molecule has 1 aromatic rings. The summed E-state index contributed by atoms with van der Waals surface area (Å²) in [5.74, 6) is -0.838. The first-order valence-corrected chi connectivity index (χ1v) is 8.12. The van der Waals surface area contributed by atoms with Gasteiger partial charge in [0.2, 0.25) is 5.91 Å². The van der Waals surface area contributed by atoms with Crippen molar-refractivity contribution in [3.05, 3.63) is 34.9 Å². The smallest absolute Gasteiger partial charge is 0.328 e. The van der Waals surface area contributed by atoms with Crippen LogP contribution in [0.5, 0.6) is 0 Å². The fourth-order valence-electron chi connectivity index (χ4n) is 2.09. The molecule has 0 saturated carbocycles. The molecule has 0 aliphatic heterocycles. The van der Waals surface area contributed by atoms with E-state index in [1.165, 1.54) is 7.11 Å². The maximum Gasteiger partial charge on any atom is 0.328 e. The van der Waals surface area contributed by atoms with Crippen molar-refractivity contribution in [1.82, 2.24) is 10.6 Å². The number of esters is 1. The van der Waals surface area contributed by atoms with Crippen molar-refractivity contribution in [2.24, 2.45) is 5.92 Å². The highest BCUT2D eigenvalue weighted by Gasteiger charge is 2.22. The number of nitrogens with one attached hydrogen (secondary N) is 2. The largest absolute Gasteiger partial charge is 0.467 e. The number of benzene rings is 1. The van der Waals surface area contributed by atoms with E-state index in [4.69, 9.17) is 16.3 Å². The highest BCUT2D eigenvalue weighted by Crippen LogP contribution is 2.09. The number of halogens is 1. The molecule has 1 rings (SSSR count). The van der Waals surface area contributed by atoms with Gasteiger partial charge in [0, 0.05) is 23.6 Å². The molecule has 1 atom stereocenters. The molecule has 2 amide bonds.